The summed E-state index contributed by atoms with van der Waals surface area (Å²) >= 11 is 1.14. The van der Waals surface area contributed by atoms with Crippen LogP contribution in [0.4, 0.5) is 4.79 Å². The number of thioether (sulfide) groups is 1. The number of rotatable bonds is 6. The van der Waals surface area contributed by atoms with E-state index in [0.717, 1.165) is 29.6 Å². The van der Waals surface area contributed by atoms with E-state index >= 15 is 0 Å². The fourth-order valence-corrected chi connectivity index (χ4v) is 7.13. The minimum absolute atomic E-state index is 0.0267. The van der Waals surface area contributed by atoms with E-state index < -0.39 is 33.2 Å². The number of carbonyl (C=O) groups is 3. The lowest BCUT2D eigenvalue weighted by Crippen LogP contribution is -2.51. The summed E-state index contributed by atoms with van der Waals surface area (Å²) in [6.45, 7) is 2.12. The second kappa shape index (κ2) is 8.65. The van der Waals surface area contributed by atoms with Crippen molar-refractivity contribution in [1.29, 1.82) is 0 Å². The molecule has 3 fully saturated rings. The lowest BCUT2D eigenvalue weighted by Gasteiger charge is -2.33. The van der Waals surface area contributed by atoms with Gasteiger partial charge in [0.05, 0.1) is 17.3 Å². The topological polar surface area (TPSA) is 143 Å². The number of carbonyl (C=O) groups excluding carboxylic acids is 3. The van der Waals surface area contributed by atoms with Gasteiger partial charge in [-0.1, -0.05) is 18.7 Å². The van der Waals surface area contributed by atoms with Crippen LogP contribution in [0.25, 0.3) is 0 Å². The van der Waals surface area contributed by atoms with E-state index in [2.05, 4.69) is 27.9 Å². The van der Waals surface area contributed by atoms with Gasteiger partial charge in [-0.25, -0.2) is 13.2 Å². The van der Waals surface area contributed by atoms with Gasteiger partial charge in [-0.2, -0.15) is 5.01 Å². The summed E-state index contributed by atoms with van der Waals surface area (Å²) in [4.78, 5) is 37.6. The Morgan fingerprint density at radius 3 is 2.62 bits per heavy atom. The number of urea groups is 1. The first-order chi connectivity index (χ1) is 15.1. The lowest BCUT2D eigenvalue weighted by molar-refractivity contribution is -0.139. The van der Waals surface area contributed by atoms with Crippen LogP contribution in [0.3, 0.4) is 0 Å². The molecule has 0 radical (unpaired) electrons. The molecule has 11 nitrogen and oxygen atoms in total. The van der Waals surface area contributed by atoms with Crippen LogP contribution < -0.4 is 10.7 Å². The van der Waals surface area contributed by atoms with Gasteiger partial charge in [-0.15, -0.1) is 10.2 Å². The Bertz CT molecular complexity index is 1030. The number of sulfone groups is 1. The van der Waals surface area contributed by atoms with E-state index in [1.54, 1.807) is 11.6 Å². The zero-order valence-corrected chi connectivity index (χ0v) is 19.8. The lowest BCUT2D eigenvalue weighted by atomic mass is 9.77. The highest BCUT2D eigenvalue weighted by atomic mass is 32.2. The Kier molecular flexibility index (Phi) is 6.23. The number of hydrogen-bond acceptors (Lipinski definition) is 8. The molecule has 2 saturated heterocycles. The van der Waals surface area contributed by atoms with Gasteiger partial charge in [0, 0.05) is 13.5 Å². The predicted molar refractivity (Wildman–Crippen MR) is 116 cm³/mol. The number of hydrogen-bond donors (Lipinski definition) is 2. The van der Waals surface area contributed by atoms with Crippen molar-refractivity contribution in [3.63, 3.8) is 0 Å². The molecule has 1 unspecified atom stereocenters. The number of aromatic nitrogens is 3. The Morgan fingerprint density at radius 1 is 1.25 bits per heavy atom. The Hall–Kier alpha value is -2.15. The van der Waals surface area contributed by atoms with Crippen molar-refractivity contribution in [2.75, 3.05) is 17.3 Å². The average molecular weight is 485 g/mol. The van der Waals surface area contributed by atoms with Crippen LogP contribution in [0.1, 0.15) is 44.9 Å². The number of imide groups is 1. The average Bonchev–Trinajstić information content (AvgIpc) is 3.33. The SMILES string of the molecule is CC1CCC2(CC1)NC(=O)N(NC(=O)CSc1nnc(CC3CCS(=O)(=O)C3)n1C)C2=O. The van der Waals surface area contributed by atoms with Gasteiger partial charge in [-0.05, 0) is 43.9 Å². The maximum absolute atomic E-state index is 12.8. The number of nitrogens with zero attached hydrogens (tertiary/aromatic N) is 4. The van der Waals surface area contributed by atoms with Crippen LogP contribution in [0.5, 0.6) is 0 Å². The van der Waals surface area contributed by atoms with Crippen molar-refractivity contribution in [3.8, 4) is 0 Å². The highest BCUT2D eigenvalue weighted by Crippen LogP contribution is 2.35. The maximum Gasteiger partial charge on any atom is 0.344 e. The molecule has 176 valence electrons. The second-order valence-corrected chi connectivity index (χ2v) is 12.3. The molecule has 1 saturated carbocycles. The first kappa shape index (κ1) is 23.0. The van der Waals surface area contributed by atoms with Gasteiger partial charge in [0.1, 0.15) is 11.4 Å². The molecule has 0 bridgehead atoms. The van der Waals surface area contributed by atoms with Crippen molar-refractivity contribution in [1.82, 2.24) is 30.5 Å². The Morgan fingerprint density at radius 2 is 1.97 bits per heavy atom. The minimum Gasteiger partial charge on any atom is -0.322 e. The fourth-order valence-electron chi connectivity index (χ4n) is 4.54. The molecule has 1 aliphatic carbocycles. The molecule has 1 aromatic heterocycles. The van der Waals surface area contributed by atoms with Crippen LogP contribution >= 0.6 is 11.8 Å². The second-order valence-electron chi connectivity index (χ2n) is 9.09. The fraction of sp³-hybridized carbons (Fsp3) is 0.737. The summed E-state index contributed by atoms with van der Waals surface area (Å²) in [6.07, 6.45) is 3.98. The van der Waals surface area contributed by atoms with Crippen LogP contribution in [0.2, 0.25) is 0 Å². The van der Waals surface area contributed by atoms with Crippen molar-refractivity contribution in [2.24, 2.45) is 18.9 Å². The Balaban J connectivity index is 1.30. The highest BCUT2D eigenvalue weighted by Gasteiger charge is 2.52. The highest BCUT2D eigenvalue weighted by molar-refractivity contribution is 7.99. The number of hydrazine groups is 1. The van der Waals surface area contributed by atoms with E-state index in [4.69, 9.17) is 0 Å². The number of nitrogens with one attached hydrogen (secondary N) is 2. The van der Waals surface area contributed by atoms with Gasteiger partial charge >= 0.3 is 6.03 Å². The van der Waals surface area contributed by atoms with Crippen LogP contribution in [-0.4, -0.2) is 68.8 Å². The molecule has 4 amide bonds. The minimum atomic E-state index is -2.96. The molecular formula is C19H28N6O5S2. The van der Waals surface area contributed by atoms with Crippen molar-refractivity contribution in [3.05, 3.63) is 5.82 Å². The predicted octanol–water partition coefficient (Wildman–Crippen LogP) is 0.416. The molecule has 13 heteroatoms. The third-order valence-electron chi connectivity index (χ3n) is 6.58. The molecule has 32 heavy (non-hydrogen) atoms. The first-order valence-corrected chi connectivity index (χ1v) is 13.6. The molecule has 0 aromatic carbocycles. The largest absolute Gasteiger partial charge is 0.344 e. The first-order valence-electron chi connectivity index (χ1n) is 10.8. The third-order valence-corrected chi connectivity index (χ3v) is 9.44. The summed E-state index contributed by atoms with van der Waals surface area (Å²) in [5.74, 6) is 0.630. The van der Waals surface area contributed by atoms with E-state index in [0.29, 0.717) is 42.6 Å². The molecule has 3 aliphatic rings. The maximum atomic E-state index is 12.8. The quantitative estimate of drug-likeness (QED) is 0.437. The molecular weight excluding hydrogens is 456 g/mol. The van der Waals surface area contributed by atoms with Gasteiger partial charge in [0.2, 0.25) is 5.91 Å². The molecule has 1 atom stereocenters. The van der Waals surface area contributed by atoms with Gasteiger partial charge in [0.25, 0.3) is 5.91 Å². The van der Waals surface area contributed by atoms with Crippen molar-refractivity contribution >= 4 is 39.4 Å². The van der Waals surface area contributed by atoms with E-state index in [1.807, 2.05) is 0 Å². The molecule has 3 heterocycles. The normalized spacial score (nSPS) is 29.5. The van der Waals surface area contributed by atoms with Crippen LogP contribution in [0, 0.1) is 11.8 Å². The summed E-state index contributed by atoms with van der Waals surface area (Å²) in [5, 5.41) is 12.3. The summed E-state index contributed by atoms with van der Waals surface area (Å²) < 4.78 is 25.1. The molecule has 2 N–H and O–H groups in total. The van der Waals surface area contributed by atoms with E-state index in [9.17, 15) is 22.8 Å². The van der Waals surface area contributed by atoms with Crippen LogP contribution in [0.15, 0.2) is 5.16 Å². The third kappa shape index (κ3) is 4.63. The zero-order chi connectivity index (χ0) is 23.1. The van der Waals surface area contributed by atoms with E-state index in [1.165, 1.54) is 0 Å². The van der Waals surface area contributed by atoms with Gasteiger partial charge in [-0.3, -0.25) is 15.0 Å². The van der Waals surface area contributed by atoms with Gasteiger partial charge in [0.15, 0.2) is 15.0 Å². The van der Waals surface area contributed by atoms with Crippen LogP contribution in [-0.2, 0) is 32.9 Å². The summed E-state index contributed by atoms with van der Waals surface area (Å²) in [7, 11) is -1.19. The zero-order valence-electron chi connectivity index (χ0n) is 18.2. The standard InChI is InChI=1S/C19H28N6O5S2/c1-12-3-6-19(7-4-12)16(27)25(17(28)20-19)23-15(26)10-31-18-22-21-14(24(18)2)9-13-5-8-32(29,30)11-13/h12-13H,3-11H2,1-2H3,(H,20,28)(H,23,26). The monoisotopic (exact) mass is 484 g/mol. The molecule has 2 aliphatic heterocycles. The molecule has 1 aromatic rings. The van der Waals surface area contributed by atoms with Crippen molar-refractivity contribution in [2.45, 2.75) is 56.1 Å². The van der Waals surface area contributed by atoms with E-state index in [-0.39, 0.29) is 23.2 Å². The molecule has 1 spiro atoms. The number of amides is 4. The Labute approximate surface area is 191 Å². The van der Waals surface area contributed by atoms with Gasteiger partial charge < -0.3 is 9.88 Å². The smallest absolute Gasteiger partial charge is 0.322 e. The van der Waals surface area contributed by atoms with Crippen molar-refractivity contribution < 1.29 is 22.8 Å². The molecule has 4 rings (SSSR count). The summed E-state index contributed by atoms with van der Waals surface area (Å²) in [5.41, 5.74) is 1.51. The summed E-state index contributed by atoms with van der Waals surface area (Å²) in [6, 6.07) is -0.602.